The first-order chi connectivity index (χ1) is 12.9. The number of aliphatic hydroxyl groups is 1. The average molecular weight is 370 g/mol. The fraction of sp³-hybridized carbons (Fsp3) is 0.792. The van der Waals surface area contributed by atoms with E-state index in [4.69, 9.17) is 0 Å². The molecule has 0 unspecified atom stereocenters. The van der Waals surface area contributed by atoms with Gasteiger partial charge in [-0.15, -0.1) is 0 Å². The largest absolute Gasteiger partial charge is 0.390 e. The van der Waals surface area contributed by atoms with Crippen molar-refractivity contribution >= 4 is 5.78 Å². The van der Waals surface area contributed by atoms with Crippen molar-refractivity contribution in [3.63, 3.8) is 0 Å². The van der Waals surface area contributed by atoms with Crippen LogP contribution < -0.4 is 0 Å². The number of carbonyl (C=O) groups is 1. The fourth-order valence-corrected chi connectivity index (χ4v) is 8.18. The second kappa shape index (κ2) is 6.20. The molecule has 1 heterocycles. The van der Waals surface area contributed by atoms with E-state index in [0.29, 0.717) is 5.78 Å². The normalized spacial score (nSPS) is 49.1. The Morgan fingerprint density at radius 3 is 2.63 bits per heavy atom. The van der Waals surface area contributed by atoms with Crippen LogP contribution in [0, 0.1) is 40.9 Å². The number of rotatable bonds is 2. The molecule has 4 aliphatic rings. The number of carbonyl (C=O) groups excluding carboxylic acids is 1. The molecule has 0 bridgehead atoms. The molecule has 1 aromatic rings. The van der Waals surface area contributed by atoms with Gasteiger partial charge in [0.15, 0.2) is 5.78 Å². The maximum Gasteiger partial charge on any atom is 0.182 e. The Bertz CT molecular complexity index is 708. The van der Waals surface area contributed by atoms with Gasteiger partial charge in [0.2, 0.25) is 0 Å². The van der Waals surface area contributed by atoms with Crippen molar-refractivity contribution in [3.05, 3.63) is 24.0 Å². The predicted octanol–water partition coefficient (Wildman–Crippen LogP) is 5.22. The topological polar surface area (TPSA) is 53.1 Å². The van der Waals surface area contributed by atoms with Crippen LogP contribution in [0.2, 0.25) is 0 Å². The minimum absolute atomic E-state index is 0.191. The summed E-state index contributed by atoms with van der Waals surface area (Å²) in [5, 5.41) is 10.5. The number of Topliss-reactive ketones (excluding diaryl/α,β-unsaturated/α-hetero) is 1. The van der Waals surface area contributed by atoms with E-state index in [0.717, 1.165) is 54.5 Å². The second-order valence-corrected chi connectivity index (χ2v) is 10.8. The van der Waals surface area contributed by atoms with E-state index in [9.17, 15) is 9.90 Å². The summed E-state index contributed by atoms with van der Waals surface area (Å²) in [7, 11) is 0. The van der Waals surface area contributed by atoms with Crippen LogP contribution in [-0.4, -0.2) is 21.5 Å². The maximum atomic E-state index is 13.2. The number of fused-ring (bicyclic) bond motifs is 5. The molecule has 4 aliphatic carbocycles. The second-order valence-electron chi connectivity index (χ2n) is 10.8. The number of aromatic nitrogens is 1. The van der Waals surface area contributed by atoms with Crippen LogP contribution in [0.4, 0.5) is 0 Å². The van der Waals surface area contributed by atoms with Crippen LogP contribution in [0.1, 0.15) is 82.1 Å². The average Bonchev–Trinajstić information content (AvgIpc) is 3.27. The zero-order valence-corrected chi connectivity index (χ0v) is 16.9. The first-order valence-electron chi connectivity index (χ1n) is 11.3. The van der Waals surface area contributed by atoms with Crippen molar-refractivity contribution in [1.82, 2.24) is 4.98 Å². The third-order valence-electron chi connectivity index (χ3n) is 9.42. The molecule has 0 spiro atoms. The van der Waals surface area contributed by atoms with Gasteiger partial charge >= 0.3 is 0 Å². The fourth-order valence-electron chi connectivity index (χ4n) is 8.18. The number of hydrogen-bond acceptors (Lipinski definition) is 2. The van der Waals surface area contributed by atoms with Gasteiger partial charge in [-0.25, -0.2) is 0 Å². The molecule has 0 aliphatic heterocycles. The molecule has 0 radical (unpaired) electrons. The number of hydrogen-bond donors (Lipinski definition) is 2. The Hall–Kier alpha value is -1.09. The minimum atomic E-state index is -0.432. The van der Waals surface area contributed by atoms with Crippen molar-refractivity contribution in [2.45, 2.75) is 77.2 Å². The van der Waals surface area contributed by atoms with Crippen molar-refractivity contribution in [3.8, 4) is 0 Å². The monoisotopic (exact) mass is 369 g/mol. The molecule has 4 saturated carbocycles. The summed E-state index contributed by atoms with van der Waals surface area (Å²) in [6.45, 7) is 4.48. The Morgan fingerprint density at radius 1 is 1.04 bits per heavy atom. The number of ketones is 1. The molecule has 2 N–H and O–H groups in total. The Balaban J connectivity index is 1.37. The highest BCUT2D eigenvalue weighted by molar-refractivity contribution is 5.97. The van der Waals surface area contributed by atoms with Gasteiger partial charge in [0.25, 0.3) is 0 Å². The zero-order chi connectivity index (χ0) is 18.8. The molecular weight excluding hydrogens is 334 g/mol. The van der Waals surface area contributed by atoms with E-state index in [1.165, 1.54) is 38.5 Å². The van der Waals surface area contributed by atoms with Gasteiger partial charge in [-0.2, -0.15) is 0 Å². The Kier molecular flexibility index (Phi) is 4.13. The molecule has 3 heteroatoms. The third kappa shape index (κ3) is 2.75. The number of H-pyrrole nitrogens is 1. The van der Waals surface area contributed by atoms with Gasteiger partial charge in [0, 0.05) is 12.1 Å². The predicted molar refractivity (Wildman–Crippen MR) is 106 cm³/mol. The molecule has 8 atom stereocenters. The highest BCUT2D eigenvalue weighted by Crippen LogP contribution is 2.64. The minimum Gasteiger partial charge on any atom is -0.390 e. The summed E-state index contributed by atoms with van der Waals surface area (Å²) in [6.07, 6.45) is 12.5. The van der Waals surface area contributed by atoms with E-state index in [2.05, 4.69) is 11.9 Å². The molecule has 3 nitrogen and oxygen atoms in total. The summed E-state index contributed by atoms with van der Waals surface area (Å²) < 4.78 is 0. The maximum absolute atomic E-state index is 13.2. The summed E-state index contributed by atoms with van der Waals surface area (Å²) in [4.78, 5) is 16.3. The summed E-state index contributed by atoms with van der Waals surface area (Å²) in [5.74, 6) is 4.50. The van der Waals surface area contributed by atoms with Crippen LogP contribution in [-0.2, 0) is 0 Å². The van der Waals surface area contributed by atoms with Crippen molar-refractivity contribution < 1.29 is 9.90 Å². The van der Waals surface area contributed by atoms with Crippen molar-refractivity contribution in [1.29, 1.82) is 0 Å². The van der Waals surface area contributed by atoms with E-state index in [1.807, 2.05) is 25.3 Å². The lowest BCUT2D eigenvalue weighted by molar-refractivity contribution is -0.0976. The van der Waals surface area contributed by atoms with Crippen LogP contribution >= 0.6 is 0 Å². The van der Waals surface area contributed by atoms with E-state index in [-0.39, 0.29) is 11.3 Å². The van der Waals surface area contributed by atoms with Gasteiger partial charge in [0.05, 0.1) is 11.3 Å². The Morgan fingerprint density at radius 2 is 1.85 bits per heavy atom. The number of nitrogens with one attached hydrogen (secondary N) is 1. The van der Waals surface area contributed by atoms with Crippen molar-refractivity contribution in [2.75, 3.05) is 0 Å². The smallest absolute Gasteiger partial charge is 0.182 e. The van der Waals surface area contributed by atoms with Gasteiger partial charge in [-0.05, 0) is 112 Å². The molecule has 1 aromatic heterocycles. The van der Waals surface area contributed by atoms with Crippen LogP contribution in [0.5, 0.6) is 0 Å². The Labute approximate surface area is 163 Å². The van der Waals surface area contributed by atoms with E-state index >= 15 is 0 Å². The molecule has 5 rings (SSSR count). The lowest BCUT2D eigenvalue weighted by Crippen LogP contribution is -2.51. The summed E-state index contributed by atoms with van der Waals surface area (Å²) in [5.41, 5.74) is 0.566. The quantitative estimate of drug-likeness (QED) is 0.703. The molecule has 0 aromatic carbocycles. The molecule has 27 heavy (non-hydrogen) atoms. The molecule has 148 valence electrons. The van der Waals surface area contributed by atoms with Crippen LogP contribution in [0.3, 0.4) is 0 Å². The van der Waals surface area contributed by atoms with Gasteiger partial charge in [0.1, 0.15) is 0 Å². The van der Waals surface area contributed by atoms with Crippen LogP contribution in [0.25, 0.3) is 0 Å². The van der Waals surface area contributed by atoms with Gasteiger partial charge in [-0.3, -0.25) is 4.79 Å². The lowest BCUT2D eigenvalue weighted by atomic mass is 9.49. The molecule has 0 saturated heterocycles. The van der Waals surface area contributed by atoms with Gasteiger partial charge < -0.3 is 10.1 Å². The zero-order valence-electron chi connectivity index (χ0n) is 16.9. The van der Waals surface area contributed by atoms with E-state index < -0.39 is 5.60 Å². The van der Waals surface area contributed by atoms with Crippen LogP contribution in [0.15, 0.2) is 18.3 Å². The first-order valence-corrected chi connectivity index (χ1v) is 11.3. The standard InChI is InChI=1S/C24H35NO2/c1-23(27)11-9-16-15(14-23)5-6-18-17(16)10-12-24(2)19(18)7-8-20(24)22(26)21-4-3-13-25-21/h3-4,13,15-20,25,27H,5-12,14H2,1-2H3/t15-,16+,17-,18-,19+,20-,23-,24+/m1/s1. The number of aromatic amines is 1. The van der Waals surface area contributed by atoms with Crippen molar-refractivity contribution in [2.24, 2.45) is 40.9 Å². The SMILES string of the molecule is C[C@@]1(O)CC[C@H]2[C@H](CC[C@@H]3[C@@H]2CC[C@]2(C)[C@@H](C(=O)c4ccc[nH]4)CC[C@@H]32)C1. The molecule has 4 fully saturated rings. The highest BCUT2D eigenvalue weighted by atomic mass is 16.3. The first kappa shape index (κ1) is 18.0. The third-order valence-corrected chi connectivity index (χ3v) is 9.42. The summed E-state index contributed by atoms with van der Waals surface area (Å²) >= 11 is 0. The molecule has 0 amide bonds. The highest BCUT2D eigenvalue weighted by Gasteiger charge is 2.58. The van der Waals surface area contributed by atoms with E-state index in [1.54, 1.807) is 0 Å². The molecular formula is C24H35NO2. The van der Waals surface area contributed by atoms with Gasteiger partial charge in [-0.1, -0.05) is 6.92 Å². The lowest BCUT2D eigenvalue weighted by Gasteiger charge is -2.56. The summed E-state index contributed by atoms with van der Waals surface area (Å²) in [6, 6.07) is 3.89.